The van der Waals surface area contributed by atoms with Gasteiger partial charge in [-0.2, -0.15) is 79.0 Å². The maximum absolute atomic E-state index is 13.4. The molecule has 28 heteroatoms. The van der Waals surface area contributed by atoms with Crippen LogP contribution in [0, 0.1) is 0 Å². The van der Waals surface area contributed by atoms with Gasteiger partial charge in [-0.3, -0.25) is 14.6 Å². The van der Waals surface area contributed by atoms with Gasteiger partial charge in [0.05, 0.1) is 57.4 Å². The molecule has 2 N–H and O–H groups in total. The number of amides is 3. The Morgan fingerprint density at radius 2 is 0.924 bits per heavy atom. The number of nitrogens with zero attached hydrogens (tertiary/aromatic N) is 3. The molecule has 6 rings (SSSR count). The molecule has 4 atom stereocenters. The van der Waals surface area contributed by atoms with Crippen molar-refractivity contribution >= 4 is 40.5 Å². The van der Waals surface area contributed by atoms with Gasteiger partial charge < -0.3 is 20.1 Å². The molecule has 2 heterocycles. The Morgan fingerprint density at radius 3 is 1.29 bits per heavy atom. The van der Waals surface area contributed by atoms with Crippen molar-refractivity contribution in [3.05, 3.63) is 128 Å². The molecule has 4 aromatic rings. The standard InChI is InChI=1S/C23H21F9N2O2.C22H16ClF9N2O3.3C2H6/c1-3-36-20(35)34-12(2)6-18(17-10-14(21(24,25)26)4-5-19(17)34)33-11-13-7-15(22(27,28)29)9-16(8-13)23(30,31)32;1-10-4-17(15-8-12(20(24,25)26)2-3-16(15)34(10)19(36)37)33(18(23)35)9-11-5-13(21(27,28)29)7-14(6-11)22(30,31)32;3*1-2/h4-5,7-10,12,18,33H,3,6,11H2,1-2H3;2-3,5-8,10,17H,4,9H2,1H3,(H,36,37);3*1-2H3. The quantitative estimate of drug-likeness (QED) is 0.109. The van der Waals surface area contributed by atoms with Gasteiger partial charge in [0.2, 0.25) is 0 Å². The topological polar surface area (TPSA) is 102 Å². The van der Waals surface area contributed by atoms with Crippen LogP contribution in [0.5, 0.6) is 0 Å². The molecule has 0 aromatic heterocycles. The van der Waals surface area contributed by atoms with Crippen LogP contribution in [0.2, 0.25) is 0 Å². The number of hydrogen-bond donors (Lipinski definition) is 2. The van der Waals surface area contributed by atoms with Crippen LogP contribution in [0.25, 0.3) is 0 Å². The summed E-state index contributed by atoms with van der Waals surface area (Å²) >= 11 is 5.62. The van der Waals surface area contributed by atoms with Gasteiger partial charge in [0, 0.05) is 31.2 Å². The first-order valence-electron chi connectivity index (χ1n) is 24.0. The lowest BCUT2D eigenvalue weighted by molar-refractivity contribution is -0.144. The van der Waals surface area contributed by atoms with Crippen LogP contribution in [-0.4, -0.2) is 46.2 Å². The molecule has 0 aliphatic carbocycles. The van der Waals surface area contributed by atoms with E-state index >= 15 is 0 Å². The van der Waals surface area contributed by atoms with Gasteiger partial charge in [-0.25, -0.2) is 9.59 Å². The summed E-state index contributed by atoms with van der Waals surface area (Å²) < 4.78 is 244. The fourth-order valence-electron chi connectivity index (χ4n) is 8.27. The van der Waals surface area contributed by atoms with Crippen molar-refractivity contribution in [3.63, 3.8) is 0 Å². The van der Waals surface area contributed by atoms with Crippen LogP contribution in [0.1, 0.15) is 143 Å². The average Bonchev–Trinajstić information content (AvgIpc) is 3.34. The minimum absolute atomic E-state index is 0.00564. The highest BCUT2D eigenvalue weighted by molar-refractivity contribution is 6.62. The summed E-state index contributed by atoms with van der Waals surface area (Å²) in [5.74, 6) is 0. The number of anilines is 2. The second-order valence-corrected chi connectivity index (χ2v) is 16.9. The van der Waals surface area contributed by atoms with Crippen molar-refractivity contribution in [2.24, 2.45) is 0 Å². The van der Waals surface area contributed by atoms with Crippen LogP contribution in [0.3, 0.4) is 0 Å². The fourth-order valence-corrected chi connectivity index (χ4v) is 8.44. The zero-order chi connectivity index (χ0) is 61.1. The number of hydrogen-bond acceptors (Lipinski definition) is 5. The van der Waals surface area contributed by atoms with E-state index in [0.717, 1.165) is 29.2 Å². The van der Waals surface area contributed by atoms with Crippen molar-refractivity contribution in [2.75, 3.05) is 16.4 Å². The number of nitrogens with one attached hydrogen (secondary N) is 1. The number of halogens is 19. The molecule has 3 amide bonds. The van der Waals surface area contributed by atoms with Crippen LogP contribution in [0.4, 0.5) is 105 Å². The number of ether oxygens (including phenoxy) is 1. The highest BCUT2D eigenvalue weighted by Gasteiger charge is 2.44. The molecule has 2 aliphatic rings. The third-order valence-corrected chi connectivity index (χ3v) is 11.7. The molecular formula is C51H55ClF18N4O5. The van der Waals surface area contributed by atoms with E-state index in [2.05, 4.69) is 5.32 Å². The van der Waals surface area contributed by atoms with E-state index in [9.17, 15) is 98.5 Å². The Labute approximate surface area is 447 Å². The van der Waals surface area contributed by atoms with E-state index < -0.39 is 131 Å². The van der Waals surface area contributed by atoms with Crippen LogP contribution in [0.15, 0.2) is 72.8 Å². The van der Waals surface area contributed by atoms with E-state index in [1.54, 1.807) is 13.8 Å². The second kappa shape index (κ2) is 27.4. The Kier molecular flexibility index (Phi) is 23.9. The van der Waals surface area contributed by atoms with E-state index in [1.807, 2.05) is 41.5 Å². The van der Waals surface area contributed by atoms with E-state index in [4.69, 9.17) is 16.3 Å². The number of fused-ring (bicyclic) bond motifs is 2. The zero-order valence-electron chi connectivity index (χ0n) is 43.4. The first-order chi connectivity index (χ1) is 36.3. The zero-order valence-corrected chi connectivity index (χ0v) is 44.1. The second-order valence-electron chi connectivity index (χ2n) is 16.6. The predicted octanol–water partition coefficient (Wildman–Crippen LogP) is 18.3. The summed E-state index contributed by atoms with van der Waals surface area (Å²) in [5, 5.41) is 10.9. The minimum atomic E-state index is -5.18. The molecule has 9 nitrogen and oxygen atoms in total. The lowest BCUT2D eigenvalue weighted by Crippen LogP contribution is -2.46. The Morgan fingerprint density at radius 1 is 0.557 bits per heavy atom. The third kappa shape index (κ3) is 17.9. The maximum Gasteiger partial charge on any atom is 0.416 e. The third-order valence-electron chi connectivity index (χ3n) is 11.5. The van der Waals surface area contributed by atoms with Gasteiger partial charge in [0.1, 0.15) is 0 Å². The van der Waals surface area contributed by atoms with Crippen molar-refractivity contribution in [2.45, 2.75) is 149 Å². The molecule has 0 spiro atoms. The predicted molar refractivity (Wildman–Crippen MR) is 257 cm³/mol. The molecule has 0 saturated heterocycles. The Hall–Kier alpha value is -6.12. The van der Waals surface area contributed by atoms with Crippen molar-refractivity contribution in [1.82, 2.24) is 10.2 Å². The highest BCUT2D eigenvalue weighted by atomic mass is 35.5. The monoisotopic (exact) mass is 1180 g/mol. The molecule has 4 aromatic carbocycles. The van der Waals surface area contributed by atoms with E-state index in [-0.39, 0.29) is 59.6 Å². The highest BCUT2D eigenvalue weighted by Crippen LogP contribution is 2.46. The molecule has 442 valence electrons. The Balaban J connectivity index is 0.000000494. The minimum Gasteiger partial charge on any atom is -0.465 e. The molecule has 0 radical (unpaired) electrons. The first-order valence-corrected chi connectivity index (χ1v) is 24.4. The summed E-state index contributed by atoms with van der Waals surface area (Å²) in [6.07, 6.45) is -32.7. The van der Waals surface area contributed by atoms with Gasteiger partial charge in [-0.1, -0.05) is 41.5 Å². The smallest absolute Gasteiger partial charge is 0.416 e. The van der Waals surface area contributed by atoms with Crippen LogP contribution >= 0.6 is 11.6 Å². The first kappa shape index (κ1) is 69.0. The molecule has 0 saturated carbocycles. The van der Waals surface area contributed by atoms with Crippen LogP contribution < -0.4 is 15.1 Å². The molecule has 0 fully saturated rings. The van der Waals surface area contributed by atoms with Crippen molar-refractivity contribution in [3.8, 4) is 0 Å². The van der Waals surface area contributed by atoms with Crippen molar-refractivity contribution < 1.29 is 103 Å². The molecule has 0 bridgehead atoms. The van der Waals surface area contributed by atoms with Gasteiger partial charge in [-0.05, 0) is 140 Å². The maximum atomic E-state index is 13.4. The summed E-state index contributed by atoms with van der Waals surface area (Å²) in [4.78, 5) is 39.0. The average molecular weight is 1180 g/mol. The Bertz CT molecular complexity index is 2620. The van der Waals surface area contributed by atoms with Gasteiger partial charge in [-0.15, -0.1) is 0 Å². The summed E-state index contributed by atoms with van der Waals surface area (Å²) in [5.41, 5.74) is -10.0. The lowest BCUT2D eigenvalue weighted by Gasteiger charge is -2.42. The van der Waals surface area contributed by atoms with E-state index in [0.29, 0.717) is 41.3 Å². The summed E-state index contributed by atoms with van der Waals surface area (Å²) in [7, 11) is 0. The molecule has 2 aliphatic heterocycles. The molecular weight excluding hydrogens is 1130 g/mol. The number of alkyl halides is 18. The number of carbonyl (C=O) groups is 3. The normalized spacial score (nSPS) is 17.4. The number of rotatable bonds is 7. The number of benzene rings is 4. The summed E-state index contributed by atoms with van der Waals surface area (Å²) in [6.45, 7) is 15.1. The van der Waals surface area contributed by atoms with Gasteiger partial charge in [0.25, 0.3) is 0 Å². The summed E-state index contributed by atoms with van der Waals surface area (Å²) in [6, 6.07) is 2.56. The van der Waals surface area contributed by atoms with E-state index in [1.165, 1.54) is 11.8 Å². The van der Waals surface area contributed by atoms with Gasteiger partial charge >= 0.3 is 54.6 Å². The fraction of sp³-hybridized carbons (Fsp3) is 0.471. The lowest BCUT2D eigenvalue weighted by atomic mass is 9.89. The largest absolute Gasteiger partial charge is 0.465 e. The van der Waals surface area contributed by atoms with Gasteiger partial charge in [0.15, 0.2) is 0 Å². The molecule has 79 heavy (non-hydrogen) atoms. The SMILES string of the molecule is CC.CC.CC.CC1CC(N(Cc2cc(C(F)(F)F)cc(C(F)(F)F)c2)C(=O)Cl)c2cc(C(F)(F)F)ccc2N1C(=O)O.CCOC(=O)N1c2ccc(C(F)(F)F)cc2C(NCc2cc(C(F)(F)F)cc(C(F)(F)F)c2)CC1C. The van der Waals surface area contributed by atoms with Crippen LogP contribution in [-0.2, 0) is 54.9 Å². The van der Waals surface area contributed by atoms with Crippen molar-refractivity contribution in [1.29, 1.82) is 0 Å². The number of carboxylic acid groups (broad SMARTS) is 1. The molecule has 4 unspecified atom stereocenters. The number of carbonyl (C=O) groups excluding carboxylic acids is 2.